The maximum Gasteiger partial charge on any atom is 0.224 e. The van der Waals surface area contributed by atoms with Crippen LogP contribution in [0.25, 0.3) is 0 Å². The second-order valence-corrected chi connectivity index (χ2v) is 5.51. The molecule has 1 aromatic rings. The van der Waals surface area contributed by atoms with Gasteiger partial charge in [-0.3, -0.25) is 4.79 Å². The number of likely N-dealkylation sites (tertiary alicyclic amines) is 1. The normalized spacial score (nSPS) is 21.2. The first kappa shape index (κ1) is 13.2. The van der Waals surface area contributed by atoms with Crippen molar-refractivity contribution in [2.24, 2.45) is 0 Å². The molecule has 4 heteroatoms. The summed E-state index contributed by atoms with van der Waals surface area (Å²) in [6, 6.07) is 10.5. The lowest BCUT2D eigenvalue weighted by Crippen LogP contribution is -2.41. The number of carbonyl (C=O) groups excluding carboxylic acids is 1. The lowest BCUT2D eigenvalue weighted by molar-refractivity contribution is -0.127. The van der Waals surface area contributed by atoms with Crippen LogP contribution in [0.2, 0.25) is 0 Å². The minimum absolute atomic E-state index is 0.0215. The van der Waals surface area contributed by atoms with Crippen molar-refractivity contribution in [3.63, 3.8) is 0 Å². The van der Waals surface area contributed by atoms with Crippen LogP contribution in [0.4, 0.5) is 5.69 Å². The highest BCUT2D eigenvalue weighted by Crippen LogP contribution is 2.19. The quantitative estimate of drug-likeness (QED) is 0.781. The van der Waals surface area contributed by atoms with E-state index in [9.17, 15) is 4.79 Å². The third-order valence-corrected chi connectivity index (χ3v) is 3.77. The smallest absolute Gasteiger partial charge is 0.224 e. The number of hydrogen-bond acceptors (Lipinski definition) is 2. The van der Waals surface area contributed by atoms with Gasteiger partial charge in [-0.15, -0.1) is 11.6 Å². The van der Waals surface area contributed by atoms with Gasteiger partial charge in [0, 0.05) is 38.3 Å². The third kappa shape index (κ3) is 2.96. The number of anilines is 1. The summed E-state index contributed by atoms with van der Waals surface area (Å²) in [5, 5.41) is -0.0215. The van der Waals surface area contributed by atoms with Crippen molar-refractivity contribution in [3.05, 3.63) is 30.3 Å². The maximum atomic E-state index is 11.7. The van der Waals surface area contributed by atoms with Crippen LogP contribution in [0.1, 0.15) is 13.3 Å². The summed E-state index contributed by atoms with van der Waals surface area (Å²) in [4.78, 5) is 15.8. The average molecular weight is 267 g/mol. The van der Waals surface area contributed by atoms with E-state index in [0.717, 1.165) is 6.54 Å². The number of nitrogens with zero attached hydrogens (tertiary/aromatic N) is 2. The van der Waals surface area contributed by atoms with Crippen LogP contribution in [-0.2, 0) is 4.79 Å². The molecule has 1 saturated heterocycles. The summed E-state index contributed by atoms with van der Waals surface area (Å²) < 4.78 is 0. The fraction of sp³-hybridized carbons (Fsp3) is 0.500. The molecule has 98 valence electrons. The second-order valence-electron chi connectivity index (χ2n) is 4.90. The molecule has 1 aliphatic rings. The highest BCUT2D eigenvalue weighted by atomic mass is 35.5. The van der Waals surface area contributed by atoms with E-state index in [4.69, 9.17) is 11.6 Å². The van der Waals surface area contributed by atoms with E-state index in [0.29, 0.717) is 13.0 Å². The maximum absolute atomic E-state index is 11.7. The third-order valence-electron chi connectivity index (χ3n) is 3.48. The van der Waals surface area contributed by atoms with Crippen molar-refractivity contribution in [3.8, 4) is 0 Å². The molecule has 1 amide bonds. The van der Waals surface area contributed by atoms with Crippen molar-refractivity contribution in [1.82, 2.24) is 4.90 Å². The molecule has 18 heavy (non-hydrogen) atoms. The van der Waals surface area contributed by atoms with E-state index < -0.39 is 0 Å². The van der Waals surface area contributed by atoms with Crippen LogP contribution in [-0.4, -0.2) is 42.4 Å². The fourth-order valence-electron chi connectivity index (χ4n) is 2.26. The molecular formula is C14H19ClN2O. The molecule has 0 aliphatic carbocycles. The Morgan fingerprint density at radius 3 is 2.67 bits per heavy atom. The molecule has 1 aromatic carbocycles. The molecule has 0 spiro atoms. The first-order valence-corrected chi connectivity index (χ1v) is 6.71. The van der Waals surface area contributed by atoms with Crippen molar-refractivity contribution < 1.29 is 4.79 Å². The van der Waals surface area contributed by atoms with Crippen LogP contribution in [0.3, 0.4) is 0 Å². The predicted molar refractivity (Wildman–Crippen MR) is 75.1 cm³/mol. The standard InChI is InChI=1S/C14H19ClN2O/c1-11(9-17-10-12(15)8-14(17)18)16(2)13-6-4-3-5-7-13/h3-7,11-12H,8-10H2,1-2H3. The first-order valence-electron chi connectivity index (χ1n) is 6.27. The zero-order valence-corrected chi connectivity index (χ0v) is 11.6. The molecule has 0 saturated carbocycles. The molecular weight excluding hydrogens is 248 g/mol. The van der Waals surface area contributed by atoms with E-state index in [1.54, 1.807) is 0 Å². The molecule has 1 fully saturated rings. The van der Waals surface area contributed by atoms with Crippen molar-refractivity contribution in [2.75, 3.05) is 25.0 Å². The Kier molecular flexibility index (Phi) is 4.12. The Labute approximate surface area is 113 Å². The van der Waals surface area contributed by atoms with Gasteiger partial charge in [0.25, 0.3) is 0 Å². The molecule has 0 radical (unpaired) electrons. The van der Waals surface area contributed by atoms with Crippen LogP contribution in [0.15, 0.2) is 30.3 Å². The highest BCUT2D eigenvalue weighted by Gasteiger charge is 2.29. The zero-order chi connectivity index (χ0) is 13.1. The summed E-state index contributed by atoms with van der Waals surface area (Å²) in [5.41, 5.74) is 1.17. The van der Waals surface area contributed by atoms with Crippen molar-refractivity contribution >= 4 is 23.2 Å². The van der Waals surface area contributed by atoms with E-state index >= 15 is 0 Å². The van der Waals surface area contributed by atoms with E-state index in [1.165, 1.54) is 5.69 Å². The zero-order valence-electron chi connectivity index (χ0n) is 10.8. The van der Waals surface area contributed by atoms with Gasteiger partial charge in [0.2, 0.25) is 5.91 Å². The molecule has 0 N–H and O–H groups in total. The second kappa shape index (κ2) is 5.61. The van der Waals surface area contributed by atoms with Gasteiger partial charge in [-0.2, -0.15) is 0 Å². The minimum Gasteiger partial charge on any atom is -0.370 e. The summed E-state index contributed by atoms with van der Waals surface area (Å²) in [7, 11) is 2.05. The lowest BCUT2D eigenvalue weighted by Gasteiger charge is -2.30. The monoisotopic (exact) mass is 266 g/mol. The Bertz CT molecular complexity index is 410. The number of carbonyl (C=O) groups is 1. The van der Waals surface area contributed by atoms with Gasteiger partial charge < -0.3 is 9.80 Å². The number of halogens is 1. The molecule has 2 unspecified atom stereocenters. The van der Waals surface area contributed by atoms with Gasteiger partial charge in [-0.25, -0.2) is 0 Å². The number of para-hydroxylation sites is 1. The topological polar surface area (TPSA) is 23.6 Å². The first-order chi connectivity index (χ1) is 8.58. The largest absolute Gasteiger partial charge is 0.370 e. The predicted octanol–water partition coefficient (Wildman–Crippen LogP) is 2.35. The molecule has 2 rings (SSSR count). The number of benzene rings is 1. The molecule has 2 atom stereocenters. The van der Waals surface area contributed by atoms with Crippen LogP contribution in [0, 0.1) is 0 Å². The summed E-state index contributed by atoms with van der Waals surface area (Å²) >= 11 is 6.01. The van der Waals surface area contributed by atoms with Gasteiger partial charge in [-0.1, -0.05) is 18.2 Å². The number of alkyl halides is 1. The van der Waals surface area contributed by atoms with Gasteiger partial charge in [0.05, 0.1) is 5.38 Å². The van der Waals surface area contributed by atoms with Gasteiger partial charge in [-0.05, 0) is 19.1 Å². The Morgan fingerprint density at radius 1 is 1.44 bits per heavy atom. The van der Waals surface area contributed by atoms with Crippen molar-refractivity contribution in [1.29, 1.82) is 0 Å². The van der Waals surface area contributed by atoms with Crippen LogP contribution >= 0.6 is 11.6 Å². The van der Waals surface area contributed by atoms with E-state index in [1.807, 2.05) is 23.1 Å². The lowest BCUT2D eigenvalue weighted by atomic mass is 10.2. The summed E-state index contributed by atoms with van der Waals surface area (Å²) in [6.45, 7) is 3.53. The van der Waals surface area contributed by atoms with Crippen LogP contribution < -0.4 is 4.90 Å². The highest BCUT2D eigenvalue weighted by molar-refractivity contribution is 6.22. The number of likely N-dealkylation sites (N-methyl/N-ethyl adjacent to an activating group) is 1. The SMILES string of the molecule is CC(CN1CC(Cl)CC1=O)N(C)c1ccccc1. The van der Waals surface area contributed by atoms with Gasteiger partial charge in [0.15, 0.2) is 0 Å². The summed E-state index contributed by atoms with van der Waals surface area (Å²) in [6.07, 6.45) is 0.476. The van der Waals surface area contributed by atoms with E-state index in [2.05, 4.69) is 31.0 Å². The van der Waals surface area contributed by atoms with Gasteiger partial charge in [0.1, 0.15) is 0 Å². The average Bonchev–Trinajstić information content (AvgIpc) is 2.68. The Balaban J connectivity index is 1.96. The molecule has 0 bridgehead atoms. The van der Waals surface area contributed by atoms with Crippen molar-refractivity contribution in [2.45, 2.75) is 24.8 Å². The minimum atomic E-state index is -0.0215. The molecule has 3 nitrogen and oxygen atoms in total. The molecule has 1 aliphatic heterocycles. The Morgan fingerprint density at radius 2 is 2.11 bits per heavy atom. The number of rotatable bonds is 4. The van der Waals surface area contributed by atoms with E-state index in [-0.39, 0.29) is 17.3 Å². The Hall–Kier alpha value is -1.22. The fourth-order valence-corrected chi connectivity index (χ4v) is 2.56. The summed E-state index contributed by atoms with van der Waals surface area (Å²) in [5.74, 6) is 0.170. The molecule has 0 aromatic heterocycles. The van der Waals surface area contributed by atoms with Crippen LogP contribution in [0.5, 0.6) is 0 Å². The number of hydrogen-bond donors (Lipinski definition) is 0. The number of amides is 1. The molecule has 1 heterocycles. The van der Waals surface area contributed by atoms with Gasteiger partial charge >= 0.3 is 0 Å².